The first-order chi connectivity index (χ1) is 12.5. The summed E-state index contributed by atoms with van der Waals surface area (Å²) in [7, 11) is 0. The normalized spacial score (nSPS) is 21.8. The summed E-state index contributed by atoms with van der Waals surface area (Å²) in [6, 6.07) is 1.11. The molecule has 3 fully saturated rings. The van der Waals surface area contributed by atoms with Gasteiger partial charge in [0.25, 0.3) is 17.7 Å². The van der Waals surface area contributed by atoms with Crippen LogP contribution >= 0.6 is 0 Å². The topological polar surface area (TPSA) is 115 Å². The molecule has 0 aromatic carbocycles. The Hall–Kier alpha value is -2.84. The summed E-state index contributed by atoms with van der Waals surface area (Å²) < 4.78 is 0. The summed E-state index contributed by atoms with van der Waals surface area (Å²) in [6.45, 7) is 2.24. The van der Waals surface area contributed by atoms with Gasteiger partial charge in [-0.2, -0.15) is 0 Å². The highest BCUT2D eigenvalue weighted by molar-refractivity contribution is 6.07. The molecule has 3 N–H and O–H groups in total. The fraction of sp³-hybridized carbons (Fsp3) is 0.529. The smallest absolute Gasteiger partial charge is 0.322 e. The van der Waals surface area contributed by atoms with E-state index in [2.05, 4.69) is 15.6 Å². The van der Waals surface area contributed by atoms with Crippen molar-refractivity contribution in [2.75, 3.05) is 26.2 Å². The standard InChI is InChI=1S/C17H21N5O4/c23-13(11-9-12(18-10-11)14(24)21-5-1-2-6-21)22-7-3-17(4-8-22)15(25)19-16(26)20-17/h9-10,18H,1-8H2,(H2,19,20,25,26). The van der Waals surface area contributed by atoms with Crippen molar-refractivity contribution >= 4 is 23.8 Å². The number of imide groups is 1. The Balaban J connectivity index is 1.40. The minimum Gasteiger partial charge on any atom is -0.356 e. The third kappa shape index (κ3) is 2.73. The fourth-order valence-electron chi connectivity index (χ4n) is 3.89. The lowest BCUT2D eigenvalue weighted by atomic mass is 9.87. The number of aromatic nitrogens is 1. The molecule has 5 amide bonds. The molecule has 138 valence electrons. The molecule has 4 heterocycles. The SMILES string of the molecule is O=C1NC(=O)C2(CCN(C(=O)c3c[nH]c(C(=O)N4CCCC4)c3)CC2)N1. The minimum absolute atomic E-state index is 0.0792. The van der Waals surface area contributed by atoms with E-state index in [0.29, 0.717) is 37.2 Å². The van der Waals surface area contributed by atoms with E-state index in [0.717, 1.165) is 25.9 Å². The van der Waals surface area contributed by atoms with Crippen LogP contribution in [0.15, 0.2) is 12.3 Å². The van der Waals surface area contributed by atoms with Crippen LogP contribution in [0.1, 0.15) is 46.5 Å². The summed E-state index contributed by atoms with van der Waals surface area (Å²) >= 11 is 0. The maximum atomic E-state index is 12.7. The summed E-state index contributed by atoms with van der Waals surface area (Å²) in [5.41, 5.74) is -0.0438. The highest BCUT2D eigenvalue weighted by Crippen LogP contribution is 2.26. The van der Waals surface area contributed by atoms with E-state index in [1.165, 1.54) is 0 Å². The number of piperidine rings is 1. The molecule has 1 spiro atoms. The number of urea groups is 1. The second-order valence-corrected chi connectivity index (χ2v) is 7.08. The molecule has 0 aliphatic carbocycles. The van der Waals surface area contributed by atoms with Crippen LogP contribution in [0, 0.1) is 0 Å². The van der Waals surface area contributed by atoms with Gasteiger partial charge < -0.3 is 20.1 Å². The van der Waals surface area contributed by atoms with Crippen LogP contribution in [0.4, 0.5) is 4.79 Å². The van der Waals surface area contributed by atoms with Crippen LogP contribution in [0.2, 0.25) is 0 Å². The van der Waals surface area contributed by atoms with Gasteiger partial charge in [-0.3, -0.25) is 19.7 Å². The Morgan fingerprint density at radius 1 is 0.962 bits per heavy atom. The van der Waals surface area contributed by atoms with Crippen molar-refractivity contribution in [3.8, 4) is 0 Å². The summed E-state index contributed by atoms with van der Waals surface area (Å²) in [5.74, 6) is -0.583. The average molecular weight is 359 g/mol. The minimum atomic E-state index is -0.900. The lowest BCUT2D eigenvalue weighted by Crippen LogP contribution is -2.55. The predicted octanol–water partition coefficient (Wildman–Crippen LogP) is 0.0649. The highest BCUT2D eigenvalue weighted by Gasteiger charge is 2.48. The lowest BCUT2D eigenvalue weighted by molar-refractivity contribution is -0.125. The summed E-state index contributed by atoms with van der Waals surface area (Å²) in [6.07, 6.45) is 4.33. The second kappa shape index (κ2) is 6.15. The molecular weight excluding hydrogens is 338 g/mol. The summed E-state index contributed by atoms with van der Waals surface area (Å²) in [4.78, 5) is 54.8. The van der Waals surface area contributed by atoms with Gasteiger partial charge in [0.2, 0.25) is 0 Å². The van der Waals surface area contributed by atoms with E-state index < -0.39 is 11.6 Å². The van der Waals surface area contributed by atoms with Gasteiger partial charge in [-0.05, 0) is 31.7 Å². The van der Waals surface area contributed by atoms with Gasteiger partial charge in [-0.15, -0.1) is 0 Å². The molecule has 0 bridgehead atoms. The molecule has 1 aromatic heterocycles. The number of nitrogens with one attached hydrogen (secondary N) is 3. The summed E-state index contributed by atoms with van der Waals surface area (Å²) in [5, 5.41) is 4.93. The van der Waals surface area contributed by atoms with Crippen LogP contribution in [0.3, 0.4) is 0 Å². The zero-order valence-electron chi connectivity index (χ0n) is 14.3. The third-order valence-electron chi connectivity index (χ3n) is 5.47. The van der Waals surface area contributed by atoms with Crippen molar-refractivity contribution in [1.29, 1.82) is 0 Å². The Morgan fingerprint density at radius 2 is 1.62 bits per heavy atom. The third-order valence-corrected chi connectivity index (χ3v) is 5.47. The zero-order valence-corrected chi connectivity index (χ0v) is 14.3. The monoisotopic (exact) mass is 359 g/mol. The number of hydrogen-bond donors (Lipinski definition) is 3. The molecule has 4 rings (SSSR count). The zero-order chi connectivity index (χ0) is 18.3. The maximum Gasteiger partial charge on any atom is 0.322 e. The van der Waals surface area contributed by atoms with Crippen molar-refractivity contribution in [1.82, 2.24) is 25.4 Å². The molecule has 9 heteroatoms. The molecule has 9 nitrogen and oxygen atoms in total. The quantitative estimate of drug-likeness (QED) is 0.648. The van der Waals surface area contributed by atoms with E-state index in [4.69, 9.17) is 0 Å². The Kier molecular flexibility index (Phi) is 3.93. The fourth-order valence-corrected chi connectivity index (χ4v) is 3.89. The maximum absolute atomic E-state index is 12.7. The van der Waals surface area contributed by atoms with Crippen LogP contribution in [-0.2, 0) is 4.79 Å². The first-order valence-corrected chi connectivity index (χ1v) is 8.89. The van der Waals surface area contributed by atoms with Gasteiger partial charge in [0.15, 0.2) is 0 Å². The molecule has 3 saturated heterocycles. The molecule has 0 saturated carbocycles. The second-order valence-electron chi connectivity index (χ2n) is 7.08. The van der Waals surface area contributed by atoms with Crippen LogP contribution < -0.4 is 10.6 Å². The Labute approximate surface area is 150 Å². The first-order valence-electron chi connectivity index (χ1n) is 8.89. The molecule has 0 radical (unpaired) electrons. The highest BCUT2D eigenvalue weighted by atomic mass is 16.2. The van der Waals surface area contributed by atoms with E-state index in [-0.39, 0.29) is 17.7 Å². The van der Waals surface area contributed by atoms with Crippen molar-refractivity contribution in [3.63, 3.8) is 0 Å². The number of carbonyl (C=O) groups is 4. The van der Waals surface area contributed by atoms with Crippen LogP contribution in [0.5, 0.6) is 0 Å². The first kappa shape index (κ1) is 16.6. The van der Waals surface area contributed by atoms with E-state index in [9.17, 15) is 19.2 Å². The molecule has 26 heavy (non-hydrogen) atoms. The number of nitrogens with zero attached hydrogens (tertiary/aromatic N) is 2. The van der Waals surface area contributed by atoms with Gasteiger partial charge in [0, 0.05) is 32.4 Å². The van der Waals surface area contributed by atoms with E-state index >= 15 is 0 Å². The molecule has 0 atom stereocenters. The average Bonchev–Trinajstić information content (AvgIpc) is 3.36. The Morgan fingerprint density at radius 3 is 2.23 bits per heavy atom. The van der Waals surface area contributed by atoms with Gasteiger partial charge in [-0.1, -0.05) is 0 Å². The molecule has 1 aromatic rings. The molecular formula is C17H21N5O4. The van der Waals surface area contributed by atoms with Crippen molar-refractivity contribution in [2.45, 2.75) is 31.2 Å². The van der Waals surface area contributed by atoms with Gasteiger partial charge in [0.05, 0.1) is 5.56 Å². The Bertz CT molecular complexity index is 772. The van der Waals surface area contributed by atoms with Gasteiger partial charge >= 0.3 is 6.03 Å². The number of aromatic amines is 1. The lowest BCUT2D eigenvalue weighted by Gasteiger charge is -2.36. The van der Waals surface area contributed by atoms with Crippen molar-refractivity contribution in [2.24, 2.45) is 0 Å². The van der Waals surface area contributed by atoms with Crippen molar-refractivity contribution < 1.29 is 19.2 Å². The van der Waals surface area contributed by atoms with E-state index in [1.807, 2.05) is 0 Å². The number of carbonyl (C=O) groups excluding carboxylic acids is 4. The van der Waals surface area contributed by atoms with E-state index in [1.54, 1.807) is 22.1 Å². The number of amides is 5. The molecule has 0 unspecified atom stereocenters. The largest absolute Gasteiger partial charge is 0.356 e. The van der Waals surface area contributed by atoms with Crippen molar-refractivity contribution in [3.05, 3.63) is 23.5 Å². The number of likely N-dealkylation sites (tertiary alicyclic amines) is 2. The number of hydrogen-bond acceptors (Lipinski definition) is 4. The van der Waals surface area contributed by atoms with Gasteiger partial charge in [-0.25, -0.2) is 4.79 Å². The molecule has 3 aliphatic rings. The van der Waals surface area contributed by atoms with Crippen LogP contribution in [-0.4, -0.2) is 70.3 Å². The van der Waals surface area contributed by atoms with Crippen LogP contribution in [0.25, 0.3) is 0 Å². The molecule has 3 aliphatic heterocycles. The number of rotatable bonds is 2. The number of H-pyrrole nitrogens is 1. The van der Waals surface area contributed by atoms with Gasteiger partial charge in [0.1, 0.15) is 11.2 Å². The predicted molar refractivity (Wildman–Crippen MR) is 90.5 cm³/mol.